The number of aryl methyl sites for hydroxylation is 3. The fourth-order valence-corrected chi connectivity index (χ4v) is 4.11. The maximum absolute atomic E-state index is 12.5. The minimum atomic E-state index is -0.0503. The van der Waals surface area contributed by atoms with Gasteiger partial charge < -0.3 is 5.32 Å². The summed E-state index contributed by atoms with van der Waals surface area (Å²) in [5, 5.41) is 3.76. The standard InChI is InChI=1S/C26H25N3OS/c1-18-10-13-22(14-11-18)27-25(30)17-31-26-28-23(21-7-5-4-6-8-21)16-29(26)24-15-19(2)9-12-20(24)3/h4-16H,17H2,1-3H3,(H,27,30). The summed E-state index contributed by atoms with van der Waals surface area (Å²) in [6.45, 7) is 6.20. The van der Waals surface area contributed by atoms with Gasteiger partial charge in [0.25, 0.3) is 0 Å². The van der Waals surface area contributed by atoms with E-state index in [1.54, 1.807) is 0 Å². The molecule has 1 heterocycles. The number of nitrogens with one attached hydrogen (secondary N) is 1. The Hall–Kier alpha value is -3.31. The van der Waals surface area contributed by atoms with Crippen LogP contribution in [0, 0.1) is 20.8 Å². The molecule has 5 heteroatoms. The van der Waals surface area contributed by atoms with Gasteiger partial charge in [-0.15, -0.1) is 0 Å². The first kappa shape index (κ1) is 20.9. The van der Waals surface area contributed by atoms with Crippen molar-refractivity contribution in [3.63, 3.8) is 0 Å². The van der Waals surface area contributed by atoms with Crippen LogP contribution in [0.5, 0.6) is 0 Å². The van der Waals surface area contributed by atoms with Gasteiger partial charge in [-0.25, -0.2) is 4.98 Å². The Labute approximate surface area is 187 Å². The lowest BCUT2D eigenvalue weighted by molar-refractivity contribution is -0.113. The summed E-state index contributed by atoms with van der Waals surface area (Å²) < 4.78 is 2.09. The number of amides is 1. The van der Waals surface area contributed by atoms with Gasteiger partial charge in [-0.05, 0) is 50.1 Å². The molecule has 4 aromatic rings. The number of thioether (sulfide) groups is 1. The van der Waals surface area contributed by atoms with Gasteiger partial charge in [-0.1, -0.05) is 71.9 Å². The molecular weight excluding hydrogens is 402 g/mol. The molecule has 0 aliphatic heterocycles. The van der Waals surface area contributed by atoms with Crippen molar-refractivity contribution in [2.75, 3.05) is 11.1 Å². The molecule has 0 saturated heterocycles. The SMILES string of the molecule is Cc1ccc(NC(=O)CSc2nc(-c3ccccc3)cn2-c2cc(C)ccc2C)cc1. The summed E-state index contributed by atoms with van der Waals surface area (Å²) in [6.07, 6.45) is 2.05. The average Bonchev–Trinajstić information content (AvgIpc) is 3.20. The van der Waals surface area contributed by atoms with E-state index in [0.717, 1.165) is 38.9 Å². The Balaban J connectivity index is 1.60. The van der Waals surface area contributed by atoms with Crippen molar-refractivity contribution >= 4 is 23.4 Å². The van der Waals surface area contributed by atoms with Crippen LogP contribution in [0.4, 0.5) is 5.69 Å². The lowest BCUT2D eigenvalue weighted by Gasteiger charge is -2.11. The van der Waals surface area contributed by atoms with Crippen LogP contribution in [0.3, 0.4) is 0 Å². The van der Waals surface area contributed by atoms with Crippen molar-refractivity contribution in [3.05, 3.63) is 95.7 Å². The van der Waals surface area contributed by atoms with E-state index in [0.29, 0.717) is 0 Å². The minimum absolute atomic E-state index is 0.0503. The third-order valence-corrected chi connectivity index (χ3v) is 5.99. The molecule has 1 amide bonds. The molecule has 0 spiro atoms. The molecule has 1 aromatic heterocycles. The average molecular weight is 428 g/mol. The van der Waals surface area contributed by atoms with Crippen molar-refractivity contribution in [1.82, 2.24) is 9.55 Å². The van der Waals surface area contributed by atoms with E-state index in [9.17, 15) is 4.79 Å². The molecule has 0 aliphatic carbocycles. The molecular formula is C26H25N3OS. The van der Waals surface area contributed by atoms with E-state index >= 15 is 0 Å². The molecule has 1 N–H and O–H groups in total. The van der Waals surface area contributed by atoms with Gasteiger partial charge in [-0.2, -0.15) is 0 Å². The van der Waals surface area contributed by atoms with Crippen LogP contribution in [0.2, 0.25) is 0 Å². The van der Waals surface area contributed by atoms with Gasteiger partial charge >= 0.3 is 0 Å². The lowest BCUT2D eigenvalue weighted by Crippen LogP contribution is -2.14. The van der Waals surface area contributed by atoms with Crippen LogP contribution < -0.4 is 5.32 Å². The molecule has 156 valence electrons. The third-order valence-electron chi connectivity index (χ3n) is 5.03. The topological polar surface area (TPSA) is 46.9 Å². The Bertz CT molecular complexity index is 1200. The summed E-state index contributed by atoms with van der Waals surface area (Å²) in [5.41, 5.74) is 7.34. The Morgan fingerprint density at radius 3 is 2.39 bits per heavy atom. The number of anilines is 1. The maximum Gasteiger partial charge on any atom is 0.234 e. The van der Waals surface area contributed by atoms with Crippen molar-refractivity contribution < 1.29 is 4.79 Å². The quantitative estimate of drug-likeness (QED) is 0.373. The zero-order valence-electron chi connectivity index (χ0n) is 17.9. The second kappa shape index (κ2) is 9.23. The zero-order valence-corrected chi connectivity index (χ0v) is 18.7. The highest BCUT2D eigenvalue weighted by atomic mass is 32.2. The molecule has 4 rings (SSSR count). The van der Waals surface area contributed by atoms with Crippen molar-refractivity contribution in [3.8, 4) is 16.9 Å². The number of carbonyl (C=O) groups is 1. The number of rotatable bonds is 6. The fraction of sp³-hybridized carbons (Fsp3) is 0.154. The molecule has 0 unspecified atom stereocenters. The first-order valence-corrected chi connectivity index (χ1v) is 11.2. The molecule has 0 aliphatic rings. The number of carbonyl (C=O) groups excluding carboxylic acids is 1. The predicted molar refractivity (Wildman–Crippen MR) is 129 cm³/mol. The van der Waals surface area contributed by atoms with Crippen molar-refractivity contribution in [2.45, 2.75) is 25.9 Å². The molecule has 0 radical (unpaired) electrons. The van der Waals surface area contributed by atoms with Gasteiger partial charge in [-0.3, -0.25) is 9.36 Å². The highest BCUT2D eigenvalue weighted by Crippen LogP contribution is 2.29. The second-order valence-corrected chi connectivity index (χ2v) is 8.58. The molecule has 31 heavy (non-hydrogen) atoms. The number of hydrogen-bond acceptors (Lipinski definition) is 3. The first-order chi connectivity index (χ1) is 15.0. The van der Waals surface area contributed by atoms with Crippen LogP contribution >= 0.6 is 11.8 Å². The van der Waals surface area contributed by atoms with Gasteiger partial charge in [0.05, 0.1) is 17.1 Å². The highest BCUT2D eigenvalue weighted by molar-refractivity contribution is 7.99. The van der Waals surface area contributed by atoms with E-state index in [-0.39, 0.29) is 11.7 Å². The first-order valence-electron chi connectivity index (χ1n) is 10.2. The van der Waals surface area contributed by atoms with E-state index < -0.39 is 0 Å². The maximum atomic E-state index is 12.5. The number of aromatic nitrogens is 2. The summed E-state index contributed by atoms with van der Waals surface area (Å²) in [7, 11) is 0. The Kier molecular flexibility index (Phi) is 6.23. The van der Waals surface area contributed by atoms with Crippen LogP contribution in [0.25, 0.3) is 16.9 Å². The number of hydrogen-bond donors (Lipinski definition) is 1. The smallest absolute Gasteiger partial charge is 0.234 e. The van der Waals surface area contributed by atoms with Gasteiger partial charge in [0.2, 0.25) is 5.91 Å². The van der Waals surface area contributed by atoms with E-state index in [4.69, 9.17) is 4.98 Å². The normalized spacial score (nSPS) is 10.8. The molecule has 0 fully saturated rings. The van der Waals surface area contributed by atoms with Crippen LogP contribution in [-0.2, 0) is 4.79 Å². The summed E-state index contributed by atoms with van der Waals surface area (Å²) in [6, 6.07) is 24.3. The molecule has 0 atom stereocenters. The molecule has 0 bridgehead atoms. The van der Waals surface area contributed by atoms with Gasteiger partial charge in [0.1, 0.15) is 0 Å². The molecule has 3 aromatic carbocycles. The summed E-state index contributed by atoms with van der Waals surface area (Å²) >= 11 is 1.44. The van der Waals surface area contributed by atoms with E-state index in [2.05, 4.69) is 48.1 Å². The number of imidazole rings is 1. The summed E-state index contributed by atoms with van der Waals surface area (Å²) in [5.74, 6) is 0.231. The van der Waals surface area contributed by atoms with Crippen LogP contribution in [-0.4, -0.2) is 21.2 Å². The Morgan fingerprint density at radius 1 is 0.935 bits per heavy atom. The molecule has 0 saturated carbocycles. The van der Waals surface area contributed by atoms with Crippen molar-refractivity contribution in [1.29, 1.82) is 0 Å². The van der Waals surface area contributed by atoms with Crippen molar-refractivity contribution in [2.24, 2.45) is 0 Å². The summed E-state index contributed by atoms with van der Waals surface area (Å²) in [4.78, 5) is 17.4. The lowest BCUT2D eigenvalue weighted by atomic mass is 10.1. The second-order valence-electron chi connectivity index (χ2n) is 7.64. The Morgan fingerprint density at radius 2 is 1.65 bits per heavy atom. The van der Waals surface area contributed by atoms with Crippen LogP contribution in [0.15, 0.2) is 84.1 Å². The van der Waals surface area contributed by atoms with E-state index in [1.165, 1.54) is 17.3 Å². The monoisotopic (exact) mass is 427 g/mol. The third kappa shape index (κ3) is 5.06. The van der Waals surface area contributed by atoms with E-state index in [1.807, 2.05) is 61.5 Å². The largest absolute Gasteiger partial charge is 0.325 e. The number of benzene rings is 3. The van der Waals surface area contributed by atoms with Gasteiger partial charge in [0, 0.05) is 17.4 Å². The van der Waals surface area contributed by atoms with Crippen LogP contribution in [0.1, 0.15) is 16.7 Å². The number of nitrogens with zero attached hydrogens (tertiary/aromatic N) is 2. The molecule has 4 nitrogen and oxygen atoms in total. The fourth-order valence-electron chi connectivity index (χ4n) is 3.33. The highest BCUT2D eigenvalue weighted by Gasteiger charge is 2.15. The van der Waals surface area contributed by atoms with Gasteiger partial charge in [0.15, 0.2) is 5.16 Å². The predicted octanol–water partition coefficient (Wildman–Crippen LogP) is 6.20. The minimum Gasteiger partial charge on any atom is -0.325 e. The zero-order chi connectivity index (χ0) is 21.8.